The Kier molecular flexibility index (Phi) is 3.93. The molecule has 0 bridgehead atoms. The topological polar surface area (TPSA) is 43.1 Å². The van der Waals surface area contributed by atoms with Crippen molar-refractivity contribution < 1.29 is 23.9 Å². The van der Waals surface area contributed by atoms with Crippen molar-refractivity contribution in [1.82, 2.24) is 0 Å². The van der Waals surface area contributed by atoms with Crippen molar-refractivity contribution in [2.45, 2.75) is 24.5 Å². The van der Waals surface area contributed by atoms with Gasteiger partial charge in [-0.05, 0) is 35.4 Å². The zero-order valence-corrected chi connectivity index (χ0v) is 14.5. The molecule has 0 aliphatic carbocycles. The van der Waals surface area contributed by atoms with Gasteiger partial charge in [0.25, 0.3) is 0 Å². The zero-order valence-electron chi connectivity index (χ0n) is 14.5. The number of benzene rings is 2. The van der Waals surface area contributed by atoms with E-state index in [1.165, 1.54) is 22.6 Å². The van der Waals surface area contributed by atoms with Crippen LogP contribution in [0.5, 0.6) is 11.5 Å². The Bertz CT molecular complexity index is 792. The van der Waals surface area contributed by atoms with E-state index in [2.05, 4.69) is 0 Å². The fourth-order valence-electron chi connectivity index (χ4n) is 4.49. The van der Waals surface area contributed by atoms with Crippen molar-refractivity contribution >= 4 is 0 Å². The summed E-state index contributed by atoms with van der Waals surface area (Å²) < 4.78 is 24.2. The fourth-order valence-corrected chi connectivity index (χ4v) is 4.49. The minimum atomic E-state index is -1.00. The van der Waals surface area contributed by atoms with Gasteiger partial charge in [-0.3, -0.25) is 0 Å². The summed E-state index contributed by atoms with van der Waals surface area (Å²) in [5.74, 6) is 1.11. The van der Waals surface area contributed by atoms with Crippen LogP contribution in [0.3, 0.4) is 0 Å². The molecular formula is C20H23FNO3+. The SMILES string of the molecule is COc1cc2c(cc1OC)[C@H]1[NH+](CC2)CC[C@]1(O)c1ccc(F)cc1. The van der Waals surface area contributed by atoms with Crippen LogP contribution in [0.2, 0.25) is 0 Å². The lowest BCUT2D eigenvalue weighted by molar-refractivity contribution is -0.925. The van der Waals surface area contributed by atoms with Gasteiger partial charge >= 0.3 is 0 Å². The standard InChI is InChI=1S/C20H22FNO3/c1-24-17-11-13-7-9-22-10-8-20(23,14-3-5-15(21)6-4-14)19(22)16(13)12-18(17)25-2/h3-6,11-12,19,23H,7-10H2,1-2H3/p+1/t19-,20+/m1/s1. The molecule has 132 valence electrons. The summed E-state index contributed by atoms with van der Waals surface area (Å²) in [5.41, 5.74) is 2.06. The normalized spacial score (nSPS) is 27.5. The minimum Gasteiger partial charge on any atom is -0.493 e. The maximum absolute atomic E-state index is 13.3. The third-order valence-electron chi connectivity index (χ3n) is 5.73. The van der Waals surface area contributed by atoms with Gasteiger partial charge in [0.15, 0.2) is 17.1 Å². The summed E-state index contributed by atoms with van der Waals surface area (Å²) in [6.07, 6.45) is 1.60. The number of aliphatic hydroxyl groups is 1. The second kappa shape index (κ2) is 6.00. The fraction of sp³-hybridized carbons (Fsp3) is 0.400. The molecule has 4 rings (SSSR count). The summed E-state index contributed by atoms with van der Waals surface area (Å²) in [6, 6.07) is 10.2. The first-order valence-electron chi connectivity index (χ1n) is 8.64. The van der Waals surface area contributed by atoms with Gasteiger partial charge < -0.3 is 19.5 Å². The van der Waals surface area contributed by atoms with Gasteiger partial charge in [0.05, 0.1) is 27.3 Å². The van der Waals surface area contributed by atoms with Crippen LogP contribution in [0, 0.1) is 5.82 Å². The molecule has 1 fully saturated rings. The lowest BCUT2D eigenvalue weighted by Gasteiger charge is -2.36. The van der Waals surface area contributed by atoms with Gasteiger partial charge in [-0.2, -0.15) is 0 Å². The molecule has 2 aromatic carbocycles. The van der Waals surface area contributed by atoms with Gasteiger partial charge in [-0.1, -0.05) is 12.1 Å². The molecule has 2 aliphatic heterocycles. The van der Waals surface area contributed by atoms with E-state index in [0.29, 0.717) is 17.9 Å². The zero-order chi connectivity index (χ0) is 17.6. The number of methoxy groups -OCH3 is 2. The summed E-state index contributed by atoms with van der Waals surface area (Å²) in [6.45, 7) is 1.86. The largest absolute Gasteiger partial charge is 0.493 e. The van der Waals surface area contributed by atoms with E-state index < -0.39 is 5.60 Å². The highest BCUT2D eigenvalue weighted by Crippen LogP contribution is 2.44. The number of nitrogens with one attached hydrogen (secondary N) is 1. The predicted octanol–water partition coefficient (Wildman–Crippen LogP) is 1.62. The number of hydrogen-bond donors (Lipinski definition) is 2. The predicted molar refractivity (Wildman–Crippen MR) is 91.6 cm³/mol. The van der Waals surface area contributed by atoms with Crippen LogP contribution in [-0.4, -0.2) is 32.4 Å². The summed E-state index contributed by atoms with van der Waals surface area (Å²) >= 11 is 0. The monoisotopic (exact) mass is 344 g/mol. The molecule has 0 radical (unpaired) electrons. The first-order valence-corrected chi connectivity index (χ1v) is 8.64. The second-order valence-corrected chi connectivity index (χ2v) is 6.93. The van der Waals surface area contributed by atoms with Crippen molar-refractivity contribution in [1.29, 1.82) is 0 Å². The maximum atomic E-state index is 13.3. The van der Waals surface area contributed by atoms with Crippen LogP contribution in [0.1, 0.15) is 29.2 Å². The van der Waals surface area contributed by atoms with E-state index in [-0.39, 0.29) is 11.9 Å². The molecule has 1 saturated heterocycles. The molecule has 2 N–H and O–H groups in total. The van der Waals surface area contributed by atoms with Crippen molar-refractivity contribution in [2.24, 2.45) is 0 Å². The van der Waals surface area contributed by atoms with Crippen LogP contribution in [-0.2, 0) is 12.0 Å². The number of ether oxygens (including phenoxy) is 2. The molecule has 3 atom stereocenters. The van der Waals surface area contributed by atoms with Crippen LogP contribution < -0.4 is 14.4 Å². The summed E-state index contributed by atoms with van der Waals surface area (Å²) in [5, 5.41) is 11.6. The average molecular weight is 344 g/mol. The molecule has 2 heterocycles. The quantitative estimate of drug-likeness (QED) is 0.889. The van der Waals surface area contributed by atoms with E-state index >= 15 is 0 Å². The number of rotatable bonds is 3. The van der Waals surface area contributed by atoms with Crippen LogP contribution in [0.25, 0.3) is 0 Å². The first-order chi connectivity index (χ1) is 12.1. The van der Waals surface area contributed by atoms with Gasteiger partial charge in [0.1, 0.15) is 11.9 Å². The highest BCUT2D eigenvalue weighted by atomic mass is 19.1. The van der Waals surface area contributed by atoms with Crippen molar-refractivity contribution in [3.63, 3.8) is 0 Å². The Morgan fingerprint density at radius 2 is 1.76 bits per heavy atom. The number of fused-ring (bicyclic) bond motifs is 3. The van der Waals surface area contributed by atoms with Crippen molar-refractivity contribution in [2.75, 3.05) is 27.3 Å². The van der Waals surface area contributed by atoms with Gasteiger partial charge in [0, 0.05) is 18.4 Å². The molecule has 0 amide bonds. The summed E-state index contributed by atoms with van der Waals surface area (Å²) in [7, 11) is 3.26. The van der Waals surface area contributed by atoms with E-state index in [1.807, 2.05) is 12.1 Å². The minimum absolute atomic E-state index is 0.0819. The molecule has 2 aliphatic rings. The third-order valence-corrected chi connectivity index (χ3v) is 5.73. The third kappa shape index (κ3) is 2.50. The Morgan fingerprint density at radius 1 is 1.08 bits per heavy atom. The highest BCUT2D eigenvalue weighted by molar-refractivity contribution is 5.50. The number of quaternary nitrogens is 1. The van der Waals surface area contributed by atoms with E-state index in [0.717, 1.165) is 30.6 Å². The molecule has 0 aromatic heterocycles. The average Bonchev–Trinajstić information content (AvgIpc) is 2.99. The Balaban J connectivity index is 1.83. The smallest absolute Gasteiger partial charge is 0.161 e. The molecule has 0 spiro atoms. The second-order valence-electron chi connectivity index (χ2n) is 6.93. The lowest BCUT2D eigenvalue weighted by atomic mass is 9.79. The van der Waals surface area contributed by atoms with E-state index in [4.69, 9.17) is 9.47 Å². The van der Waals surface area contributed by atoms with Crippen LogP contribution in [0.4, 0.5) is 4.39 Å². The maximum Gasteiger partial charge on any atom is 0.161 e. The van der Waals surface area contributed by atoms with Crippen molar-refractivity contribution in [3.05, 3.63) is 58.9 Å². The van der Waals surface area contributed by atoms with E-state index in [9.17, 15) is 9.50 Å². The lowest BCUT2D eigenvalue weighted by Crippen LogP contribution is -3.12. The molecular weight excluding hydrogens is 321 g/mol. The number of hydrogen-bond acceptors (Lipinski definition) is 3. The first kappa shape index (κ1) is 16.4. The molecule has 4 nitrogen and oxygen atoms in total. The summed E-state index contributed by atoms with van der Waals surface area (Å²) in [4.78, 5) is 1.37. The molecule has 25 heavy (non-hydrogen) atoms. The number of halogens is 1. The van der Waals surface area contributed by atoms with E-state index in [1.54, 1.807) is 26.4 Å². The van der Waals surface area contributed by atoms with Crippen LogP contribution >= 0.6 is 0 Å². The van der Waals surface area contributed by atoms with Gasteiger partial charge in [-0.15, -0.1) is 0 Å². The Morgan fingerprint density at radius 3 is 2.44 bits per heavy atom. The molecule has 2 aromatic rings. The Hall–Kier alpha value is -2.11. The van der Waals surface area contributed by atoms with Gasteiger partial charge in [0.2, 0.25) is 0 Å². The molecule has 5 heteroatoms. The molecule has 1 unspecified atom stereocenters. The molecule has 0 saturated carbocycles. The van der Waals surface area contributed by atoms with Crippen LogP contribution in [0.15, 0.2) is 36.4 Å². The van der Waals surface area contributed by atoms with Crippen molar-refractivity contribution in [3.8, 4) is 11.5 Å². The Labute approximate surface area is 146 Å². The highest BCUT2D eigenvalue weighted by Gasteiger charge is 2.54. The van der Waals surface area contributed by atoms with Gasteiger partial charge in [-0.25, -0.2) is 4.39 Å².